The van der Waals surface area contributed by atoms with Crippen molar-refractivity contribution in [3.63, 3.8) is 0 Å². The van der Waals surface area contributed by atoms with E-state index in [9.17, 15) is 14.4 Å². The second-order valence-electron chi connectivity index (χ2n) is 12.1. The van der Waals surface area contributed by atoms with Crippen LogP contribution in [0.15, 0.2) is 54.6 Å². The fourth-order valence-corrected chi connectivity index (χ4v) is 5.74. The first kappa shape index (κ1) is 32.6. The first-order valence-corrected chi connectivity index (χ1v) is 15.4. The fourth-order valence-electron chi connectivity index (χ4n) is 5.74. The van der Waals surface area contributed by atoms with Crippen molar-refractivity contribution < 1.29 is 29.0 Å². The van der Waals surface area contributed by atoms with Crippen LogP contribution < -0.4 is 20.1 Å². The lowest BCUT2D eigenvalue weighted by Crippen LogP contribution is -2.41. The monoisotopic (exact) mass is 604 g/mol. The maximum absolute atomic E-state index is 13.7. The van der Waals surface area contributed by atoms with Crippen molar-refractivity contribution >= 4 is 17.8 Å². The number of benzene rings is 2. The molecule has 2 amide bonds. The van der Waals surface area contributed by atoms with Gasteiger partial charge < -0.3 is 25.2 Å². The van der Waals surface area contributed by atoms with Crippen molar-refractivity contribution in [1.29, 1.82) is 0 Å². The standard InChI is InChI=1S/C34H44N4O6/c1-22(2)17-25(18-31(39)35-20-32(40)41)36-34(42)27-19-28(38(37-27)26-15-13-23(3)14-16-26)33-29(43-4)11-8-12-30(33)44-21-24-9-6-5-7-10-24/h5-12,19,22-23,25-26H,13-18,20-21H2,1-4H3,(H,35,39)(H,36,42)(H,40,41)/t23?,25-,26?/m0/s1. The van der Waals surface area contributed by atoms with E-state index in [-0.39, 0.29) is 24.1 Å². The molecule has 3 aromatic rings. The summed E-state index contributed by atoms with van der Waals surface area (Å²) in [5, 5.41) is 19.1. The fraction of sp³-hybridized carbons (Fsp3) is 0.471. The van der Waals surface area contributed by atoms with Crippen LogP contribution >= 0.6 is 0 Å². The Morgan fingerprint density at radius 1 is 1.02 bits per heavy atom. The highest BCUT2D eigenvalue weighted by atomic mass is 16.5. The van der Waals surface area contributed by atoms with Crippen LogP contribution in [0, 0.1) is 11.8 Å². The van der Waals surface area contributed by atoms with Crippen molar-refractivity contribution in [2.75, 3.05) is 13.7 Å². The van der Waals surface area contributed by atoms with Gasteiger partial charge in [0.25, 0.3) is 5.91 Å². The number of carbonyl (C=O) groups is 3. The van der Waals surface area contributed by atoms with Crippen LogP contribution in [-0.4, -0.2) is 52.4 Å². The van der Waals surface area contributed by atoms with Gasteiger partial charge in [-0.25, -0.2) is 0 Å². The molecule has 1 aromatic heterocycles. The molecule has 1 aliphatic carbocycles. The molecule has 10 nitrogen and oxygen atoms in total. The Morgan fingerprint density at radius 3 is 2.39 bits per heavy atom. The van der Waals surface area contributed by atoms with E-state index < -0.39 is 30.4 Å². The average Bonchev–Trinajstić information content (AvgIpc) is 3.44. The summed E-state index contributed by atoms with van der Waals surface area (Å²) < 4.78 is 14.1. The minimum absolute atomic E-state index is 0.0325. The number of aliphatic carboxylic acids is 1. The topological polar surface area (TPSA) is 132 Å². The van der Waals surface area contributed by atoms with E-state index in [0.717, 1.165) is 42.5 Å². The molecule has 0 bridgehead atoms. The van der Waals surface area contributed by atoms with Crippen molar-refractivity contribution in [2.45, 2.75) is 78.0 Å². The van der Waals surface area contributed by atoms with Gasteiger partial charge in [-0.15, -0.1) is 0 Å². The van der Waals surface area contributed by atoms with Gasteiger partial charge in [-0.05, 0) is 67.7 Å². The summed E-state index contributed by atoms with van der Waals surface area (Å²) in [6, 6.07) is 17.0. The number of carboxylic acids is 1. The first-order valence-electron chi connectivity index (χ1n) is 15.4. The number of hydrogen-bond acceptors (Lipinski definition) is 6. The van der Waals surface area contributed by atoms with Crippen LogP contribution in [0.2, 0.25) is 0 Å². The van der Waals surface area contributed by atoms with Gasteiger partial charge in [0.2, 0.25) is 5.91 Å². The second-order valence-corrected chi connectivity index (χ2v) is 12.1. The summed E-state index contributed by atoms with van der Waals surface area (Å²) in [5.41, 5.74) is 2.72. The quantitative estimate of drug-likeness (QED) is 0.217. The Kier molecular flexibility index (Phi) is 11.4. The summed E-state index contributed by atoms with van der Waals surface area (Å²) >= 11 is 0. The normalized spacial score (nSPS) is 17.1. The second kappa shape index (κ2) is 15.4. The number of amides is 2. The van der Waals surface area contributed by atoms with Crippen LogP contribution in [-0.2, 0) is 16.2 Å². The highest BCUT2D eigenvalue weighted by molar-refractivity contribution is 5.94. The minimum Gasteiger partial charge on any atom is -0.496 e. The lowest BCUT2D eigenvalue weighted by molar-refractivity contribution is -0.138. The predicted octanol–water partition coefficient (Wildman–Crippen LogP) is 5.62. The number of carbonyl (C=O) groups excluding carboxylic acids is 2. The van der Waals surface area contributed by atoms with Crippen molar-refractivity contribution in [1.82, 2.24) is 20.4 Å². The third-order valence-corrected chi connectivity index (χ3v) is 7.96. The highest BCUT2D eigenvalue weighted by Gasteiger charge is 2.29. The third-order valence-electron chi connectivity index (χ3n) is 7.96. The number of rotatable bonds is 14. The van der Waals surface area contributed by atoms with Crippen LogP contribution in [0.4, 0.5) is 0 Å². The van der Waals surface area contributed by atoms with Crippen molar-refractivity contribution in [3.8, 4) is 22.8 Å². The Labute approximate surface area is 259 Å². The Morgan fingerprint density at radius 2 is 1.73 bits per heavy atom. The largest absolute Gasteiger partial charge is 0.496 e. The molecule has 4 rings (SSSR count). The lowest BCUT2D eigenvalue weighted by Gasteiger charge is -2.28. The molecule has 0 radical (unpaired) electrons. The summed E-state index contributed by atoms with van der Waals surface area (Å²) in [6.45, 7) is 6.16. The molecule has 10 heteroatoms. The van der Waals surface area contributed by atoms with Gasteiger partial charge in [0.05, 0.1) is 24.4 Å². The lowest BCUT2D eigenvalue weighted by atomic mass is 9.87. The molecule has 0 spiro atoms. The van der Waals surface area contributed by atoms with Gasteiger partial charge in [0, 0.05) is 12.5 Å². The van der Waals surface area contributed by atoms with Gasteiger partial charge in [-0.2, -0.15) is 5.10 Å². The Hall–Kier alpha value is -4.34. The first-order chi connectivity index (χ1) is 21.1. The van der Waals surface area contributed by atoms with E-state index in [4.69, 9.17) is 19.7 Å². The zero-order chi connectivity index (χ0) is 31.6. The molecule has 1 aliphatic rings. The van der Waals surface area contributed by atoms with E-state index in [2.05, 4.69) is 17.6 Å². The maximum Gasteiger partial charge on any atom is 0.322 e. The van der Waals surface area contributed by atoms with Crippen LogP contribution in [0.5, 0.6) is 11.5 Å². The zero-order valence-corrected chi connectivity index (χ0v) is 26.0. The molecule has 1 saturated carbocycles. The summed E-state index contributed by atoms with van der Waals surface area (Å²) in [6.07, 6.45) is 4.52. The number of hydrogen-bond donors (Lipinski definition) is 3. The third kappa shape index (κ3) is 8.84. The Bertz CT molecular complexity index is 1410. The number of carboxylic acid groups (broad SMARTS) is 1. The summed E-state index contributed by atoms with van der Waals surface area (Å²) in [4.78, 5) is 37.0. The minimum atomic E-state index is -1.12. The van der Waals surface area contributed by atoms with Crippen molar-refractivity contribution in [3.05, 3.63) is 65.9 Å². The molecule has 44 heavy (non-hydrogen) atoms. The van der Waals surface area contributed by atoms with Crippen LogP contribution in [0.25, 0.3) is 11.3 Å². The average molecular weight is 605 g/mol. The van der Waals surface area contributed by atoms with Gasteiger partial charge in [-0.3, -0.25) is 19.1 Å². The van der Waals surface area contributed by atoms with Gasteiger partial charge in [0.15, 0.2) is 5.69 Å². The number of nitrogens with zero attached hydrogens (tertiary/aromatic N) is 2. The molecule has 3 N–H and O–H groups in total. The SMILES string of the molecule is COc1cccc(OCc2ccccc2)c1-c1cc(C(=O)N[C@H](CC(=O)NCC(=O)O)CC(C)C)nn1C1CCC(C)CC1. The van der Waals surface area contributed by atoms with E-state index >= 15 is 0 Å². The Balaban J connectivity index is 1.68. The molecule has 2 aromatic carbocycles. The van der Waals surface area contributed by atoms with Crippen LogP contribution in [0.3, 0.4) is 0 Å². The highest BCUT2D eigenvalue weighted by Crippen LogP contribution is 2.42. The maximum atomic E-state index is 13.7. The van der Waals surface area contributed by atoms with E-state index in [0.29, 0.717) is 30.4 Å². The summed E-state index contributed by atoms with van der Waals surface area (Å²) in [5.74, 6) is 0.110. The van der Waals surface area contributed by atoms with Crippen molar-refractivity contribution in [2.24, 2.45) is 11.8 Å². The summed E-state index contributed by atoms with van der Waals surface area (Å²) in [7, 11) is 1.61. The molecule has 236 valence electrons. The number of aromatic nitrogens is 2. The zero-order valence-electron chi connectivity index (χ0n) is 26.0. The van der Waals surface area contributed by atoms with E-state index in [1.54, 1.807) is 13.2 Å². The molecule has 0 aliphatic heterocycles. The molecular formula is C34H44N4O6. The number of ether oxygens (including phenoxy) is 2. The molecule has 0 saturated heterocycles. The van der Waals surface area contributed by atoms with Crippen LogP contribution in [0.1, 0.15) is 81.4 Å². The number of methoxy groups -OCH3 is 1. The number of nitrogens with one attached hydrogen (secondary N) is 2. The van der Waals surface area contributed by atoms with Gasteiger partial charge in [-0.1, -0.05) is 57.2 Å². The molecule has 0 unspecified atom stereocenters. The van der Waals surface area contributed by atoms with E-state index in [1.807, 2.05) is 67.1 Å². The molecular weight excluding hydrogens is 560 g/mol. The predicted molar refractivity (Wildman–Crippen MR) is 168 cm³/mol. The van der Waals surface area contributed by atoms with Gasteiger partial charge >= 0.3 is 5.97 Å². The molecule has 1 atom stereocenters. The molecule has 1 fully saturated rings. The van der Waals surface area contributed by atoms with Gasteiger partial charge in [0.1, 0.15) is 24.7 Å². The van der Waals surface area contributed by atoms with E-state index in [1.165, 1.54) is 0 Å². The smallest absolute Gasteiger partial charge is 0.322 e. The molecule has 1 heterocycles.